The zero-order valence-corrected chi connectivity index (χ0v) is 13.6. The van der Waals surface area contributed by atoms with Crippen molar-refractivity contribution in [1.29, 1.82) is 0 Å². The fraction of sp³-hybridized carbons (Fsp3) is 0.412. The Labute approximate surface area is 139 Å². The Morgan fingerprint density at radius 3 is 1.91 bits per heavy atom. The summed E-state index contributed by atoms with van der Waals surface area (Å²) in [6.45, 7) is 0. The largest absolute Gasteiger partial charge is 0.494 e. The number of hydrogen-bond acceptors (Lipinski definition) is 2. The predicted molar refractivity (Wildman–Crippen MR) is 83.0 cm³/mol. The van der Waals surface area contributed by atoms with Gasteiger partial charge in [-0.25, -0.2) is 13.3 Å². The van der Waals surface area contributed by atoms with Gasteiger partial charge in [-0.05, 0) is 55.1 Å². The molecule has 0 amide bonds. The molecule has 0 aliphatic heterocycles. The predicted octanol–water partition coefficient (Wildman–Crippen LogP) is 4.54. The van der Waals surface area contributed by atoms with E-state index in [0.717, 1.165) is 36.0 Å². The van der Waals surface area contributed by atoms with Crippen LogP contribution in [0, 0.1) is 23.5 Å². The molecule has 23 heavy (non-hydrogen) atoms. The molecule has 1 aromatic heterocycles. The molecule has 0 unspecified atom stereocenters. The molecule has 2 saturated carbocycles. The monoisotopic (exact) mass is 381 g/mol. The molecule has 4 aliphatic carbocycles. The van der Waals surface area contributed by atoms with Gasteiger partial charge in [0.25, 0.3) is 0 Å². The lowest BCUT2D eigenvalue weighted by Gasteiger charge is -2.35. The van der Waals surface area contributed by atoms with Gasteiger partial charge in [0.2, 0.25) is 11.8 Å². The number of aromatic nitrogens is 1. The molecular formula is C17H14BrF2NO2. The van der Waals surface area contributed by atoms with E-state index in [1.807, 2.05) is 0 Å². The van der Waals surface area contributed by atoms with Gasteiger partial charge in [-0.3, -0.25) is 0 Å². The summed E-state index contributed by atoms with van der Waals surface area (Å²) >= 11 is 3.04. The first kappa shape index (κ1) is 13.8. The SMILES string of the molecule is Oc1c2c(c(O)n1-c1c(F)cc(Br)cc1F)[C@@H]1CC[C@H]2[C@H]2C[C@H]21. The van der Waals surface area contributed by atoms with Gasteiger partial charge in [-0.2, -0.15) is 0 Å². The number of fused-ring (bicyclic) bond motifs is 1. The molecule has 1 heterocycles. The van der Waals surface area contributed by atoms with Crippen LogP contribution in [0.3, 0.4) is 0 Å². The van der Waals surface area contributed by atoms with Crippen LogP contribution in [0.5, 0.6) is 11.8 Å². The Morgan fingerprint density at radius 2 is 1.43 bits per heavy atom. The van der Waals surface area contributed by atoms with E-state index < -0.39 is 17.3 Å². The van der Waals surface area contributed by atoms with Crippen molar-refractivity contribution < 1.29 is 19.0 Å². The first-order valence-corrected chi connectivity index (χ1v) is 8.59. The van der Waals surface area contributed by atoms with Crippen LogP contribution in [0.15, 0.2) is 16.6 Å². The quantitative estimate of drug-likeness (QED) is 0.761. The van der Waals surface area contributed by atoms with Crippen molar-refractivity contribution in [1.82, 2.24) is 4.57 Å². The first-order chi connectivity index (χ1) is 11.0. The number of halogens is 3. The van der Waals surface area contributed by atoms with Crippen molar-refractivity contribution in [2.24, 2.45) is 11.8 Å². The maximum Gasteiger partial charge on any atom is 0.202 e. The van der Waals surface area contributed by atoms with E-state index in [0.29, 0.717) is 23.0 Å². The van der Waals surface area contributed by atoms with Gasteiger partial charge in [-0.15, -0.1) is 0 Å². The zero-order chi connectivity index (χ0) is 16.0. The lowest BCUT2D eigenvalue weighted by molar-refractivity contribution is 0.322. The highest BCUT2D eigenvalue weighted by Crippen LogP contribution is 2.70. The molecule has 2 fully saturated rings. The van der Waals surface area contributed by atoms with Crippen molar-refractivity contribution in [2.75, 3.05) is 0 Å². The Hall–Kier alpha value is -1.56. The second kappa shape index (κ2) is 4.29. The van der Waals surface area contributed by atoms with E-state index in [-0.39, 0.29) is 28.1 Å². The van der Waals surface area contributed by atoms with Gasteiger partial charge in [0.1, 0.15) is 5.69 Å². The number of benzene rings is 1. The second-order valence-electron chi connectivity index (χ2n) is 6.88. The maximum atomic E-state index is 14.3. The Morgan fingerprint density at radius 1 is 0.957 bits per heavy atom. The number of aromatic hydroxyl groups is 2. The molecule has 6 heteroatoms. The van der Waals surface area contributed by atoms with Crippen molar-refractivity contribution >= 4 is 15.9 Å². The average molecular weight is 382 g/mol. The van der Waals surface area contributed by atoms with Crippen molar-refractivity contribution in [3.8, 4) is 17.4 Å². The fourth-order valence-corrected chi connectivity index (χ4v) is 5.34. The molecule has 0 radical (unpaired) electrons. The van der Waals surface area contributed by atoms with Crippen molar-refractivity contribution in [2.45, 2.75) is 31.1 Å². The van der Waals surface area contributed by atoms with E-state index in [4.69, 9.17) is 0 Å². The summed E-state index contributed by atoms with van der Waals surface area (Å²) in [6, 6.07) is 2.25. The van der Waals surface area contributed by atoms with E-state index in [1.54, 1.807) is 0 Å². The summed E-state index contributed by atoms with van der Waals surface area (Å²) in [5.41, 5.74) is 0.990. The molecule has 2 bridgehead atoms. The van der Waals surface area contributed by atoms with Crippen LogP contribution in [0.1, 0.15) is 42.2 Å². The minimum absolute atomic E-state index is 0.203. The standard InChI is InChI=1S/C17H14BrF2NO2/c18-6-3-11(19)15(12(20)4-6)21-16(22)13-7-1-2-8(10-5-9(7)10)14(13)17(21)23/h3-4,7-10,22-23H,1-2,5H2/t7-,8+,9+,10-. The highest BCUT2D eigenvalue weighted by atomic mass is 79.9. The van der Waals surface area contributed by atoms with Crippen LogP contribution in [-0.2, 0) is 0 Å². The van der Waals surface area contributed by atoms with Crippen LogP contribution in [-0.4, -0.2) is 14.8 Å². The van der Waals surface area contributed by atoms with Gasteiger partial charge >= 0.3 is 0 Å². The van der Waals surface area contributed by atoms with Crippen LogP contribution < -0.4 is 0 Å². The normalized spacial score (nSPS) is 30.2. The molecule has 6 rings (SSSR count). The topological polar surface area (TPSA) is 45.4 Å². The molecule has 120 valence electrons. The van der Waals surface area contributed by atoms with E-state index in [1.165, 1.54) is 0 Å². The molecule has 4 atom stereocenters. The van der Waals surface area contributed by atoms with Crippen molar-refractivity contribution in [3.05, 3.63) is 39.4 Å². The summed E-state index contributed by atoms with van der Waals surface area (Å²) in [7, 11) is 0. The summed E-state index contributed by atoms with van der Waals surface area (Å²) in [5.74, 6) is -0.554. The lowest BCUT2D eigenvalue weighted by Crippen LogP contribution is -2.22. The molecule has 1 aromatic carbocycles. The highest BCUT2D eigenvalue weighted by Gasteiger charge is 2.59. The first-order valence-electron chi connectivity index (χ1n) is 7.80. The molecule has 2 N–H and O–H groups in total. The molecule has 0 spiro atoms. The van der Waals surface area contributed by atoms with Gasteiger partial charge in [-0.1, -0.05) is 15.9 Å². The average Bonchev–Trinajstić information content (AvgIpc) is 3.26. The van der Waals surface area contributed by atoms with Crippen LogP contribution in [0.4, 0.5) is 8.78 Å². The van der Waals surface area contributed by atoms with Gasteiger partial charge in [0.15, 0.2) is 11.6 Å². The van der Waals surface area contributed by atoms with Gasteiger partial charge in [0, 0.05) is 15.6 Å². The summed E-state index contributed by atoms with van der Waals surface area (Å²) in [6.07, 6.45) is 3.08. The molecule has 0 saturated heterocycles. The molecular weight excluding hydrogens is 368 g/mol. The number of hydrogen-bond donors (Lipinski definition) is 2. The smallest absolute Gasteiger partial charge is 0.202 e. The van der Waals surface area contributed by atoms with E-state index in [2.05, 4.69) is 15.9 Å². The summed E-state index contributed by atoms with van der Waals surface area (Å²) < 4.78 is 29.8. The second-order valence-corrected chi connectivity index (χ2v) is 7.80. The molecule has 4 aliphatic rings. The third-order valence-corrected chi connectivity index (χ3v) is 6.31. The Bertz CT molecular complexity index is 800. The van der Waals surface area contributed by atoms with E-state index in [9.17, 15) is 19.0 Å². The fourth-order valence-electron chi connectivity index (χ4n) is 4.94. The summed E-state index contributed by atoms with van der Waals surface area (Å²) in [4.78, 5) is 0. The minimum Gasteiger partial charge on any atom is -0.494 e. The van der Waals surface area contributed by atoms with Crippen molar-refractivity contribution in [3.63, 3.8) is 0 Å². The molecule has 3 nitrogen and oxygen atoms in total. The van der Waals surface area contributed by atoms with Crippen LogP contribution in [0.2, 0.25) is 0 Å². The van der Waals surface area contributed by atoms with Crippen LogP contribution in [0.25, 0.3) is 5.69 Å². The number of nitrogens with zero attached hydrogens (tertiary/aromatic N) is 1. The highest BCUT2D eigenvalue weighted by molar-refractivity contribution is 9.10. The zero-order valence-electron chi connectivity index (χ0n) is 12.1. The minimum atomic E-state index is -0.827. The van der Waals surface area contributed by atoms with Crippen LogP contribution >= 0.6 is 15.9 Å². The molecule has 2 aromatic rings. The van der Waals surface area contributed by atoms with Gasteiger partial charge < -0.3 is 10.2 Å². The van der Waals surface area contributed by atoms with E-state index >= 15 is 0 Å². The third-order valence-electron chi connectivity index (χ3n) is 5.86. The Balaban J connectivity index is 1.79. The Kier molecular flexibility index (Phi) is 2.58. The number of rotatable bonds is 1. The maximum absolute atomic E-state index is 14.3. The van der Waals surface area contributed by atoms with Gasteiger partial charge in [0.05, 0.1) is 0 Å². The lowest BCUT2D eigenvalue weighted by atomic mass is 9.68. The third kappa shape index (κ3) is 1.62. The summed E-state index contributed by atoms with van der Waals surface area (Å²) in [5, 5.41) is 21.3.